The highest BCUT2D eigenvalue weighted by molar-refractivity contribution is 5.88. The monoisotopic (exact) mass is 350 g/mol. The van der Waals surface area contributed by atoms with Crippen molar-refractivity contribution >= 4 is 28.5 Å². The van der Waals surface area contributed by atoms with Crippen LogP contribution in [0, 0.1) is 0 Å². The Morgan fingerprint density at radius 3 is 2.50 bits per heavy atom. The normalized spacial score (nSPS) is 20.3. The first-order valence-electron chi connectivity index (χ1n) is 8.82. The van der Waals surface area contributed by atoms with E-state index in [2.05, 4.69) is 39.3 Å². The van der Waals surface area contributed by atoms with Crippen LogP contribution >= 0.6 is 0 Å². The molecule has 0 spiro atoms. The molecule has 2 aromatic heterocycles. The van der Waals surface area contributed by atoms with Crippen molar-refractivity contribution in [3.63, 3.8) is 0 Å². The second-order valence-corrected chi connectivity index (χ2v) is 6.82. The van der Waals surface area contributed by atoms with Crippen LogP contribution in [0.3, 0.4) is 0 Å². The number of benzene rings is 1. The van der Waals surface area contributed by atoms with Gasteiger partial charge in [0.2, 0.25) is 11.5 Å². The zero-order valence-corrected chi connectivity index (χ0v) is 14.9. The summed E-state index contributed by atoms with van der Waals surface area (Å²) in [7, 11) is 0. The Morgan fingerprint density at radius 2 is 1.77 bits per heavy atom. The third-order valence-electron chi connectivity index (χ3n) is 4.46. The molecule has 134 valence electrons. The van der Waals surface area contributed by atoms with Crippen LogP contribution in [-0.4, -0.2) is 40.1 Å². The smallest absolute Gasteiger partial charge is 0.249 e. The molecule has 1 fully saturated rings. The van der Waals surface area contributed by atoms with Crippen molar-refractivity contribution in [1.82, 2.24) is 20.3 Å². The maximum absolute atomic E-state index is 11.8. The van der Waals surface area contributed by atoms with E-state index in [4.69, 9.17) is 4.98 Å². The number of aromatic nitrogens is 3. The molecule has 2 unspecified atom stereocenters. The highest BCUT2D eigenvalue weighted by Crippen LogP contribution is 2.26. The summed E-state index contributed by atoms with van der Waals surface area (Å²) in [5.41, 5.74) is 1.27. The molecule has 26 heavy (non-hydrogen) atoms. The topological polar surface area (TPSA) is 85.9 Å². The molecule has 4 rings (SSSR count). The van der Waals surface area contributed by atoms with Crippen LogP contribution in [0.15, 0.2) is 47.3 Å². The number of H-pyrrole nitrogens is 1. The van der Waals surface area contributed by atoms with Crippen molar-refractivity contribution in [2.75, 3.05) is 23.3 Å². The second-order valence-electron chi connectivity index (χ2n) is 6.82. The van der Waals surface area contributed by atoms with Crippen molar-refractivity contribution < 1.29 is 0 Å². The van der Waals surface area contributed by atoms with Crippen LogP contribution in [-0.2, 0) is 0 Å². The Bertz CT molecular complexity index is 961. The number of hydrogen-bond acceptors (Lipinski definition) is 6. The van der Waals surface area contributed by atoms with Crippen molar-refractivity contribution in [3.8, 4) is 0 Å². The summed E-state index contributed by atoms with van der Waals surface area (Å²) in [5.74, 6) is 1.31. The standard InChI is InChI=1S/C19H22N6O/c1-12-10-25(11-13(2)20-12)18-15-8-9-16(26)22-17(15)23-19(24-18)21-14-6-4-3-5-7-14/h3-9,12-13,20H,10-11H2,1-2H3,(H2,21,22,23,24,26). The van der Waals surface area contributed by atoms with Crippen LogP contribution < -0.4 is 21.1 Å². The average molecular weight is 350 g/mol. The fourth-order valence-corrected chi connectivity index (χ4v) is 3.47. The summed E-state index contributed by atoms with van der Waals surface area (Å²) >= 11 is 0. The molecular weight excluding hydrogens is 328 g/mol. The third kappa shape index (κ3) is 3.39. The second kappa shape index (κ2) is 6.76. The van der Waals surface area contributed by atoms with Gasteiger partial charge < -0.3 is 20.5 Å². The van der Waals surface area contributed by atoms with Gasteiger partial charge in [-0.05, 0) is 32.0 Å². The molecule has 3 aromatic rings. The van der Waals surface area contributed by atoms with Gasteiger partial charge in [-0.3, -0.25) is 4.79 Å². The Kier molecular flexibility index (Phi) is 4.30. The average Bonchev–Trinajstić information content (AvgIpc) is 2.61. The number of rotatable bonds is 3. The van der Waals surface area contributed by atoms with E-state index in [0.717, 1.165) is 30.0 Å². The first kappa shape index (κ1) is 16.5. The van der Waals surface area contributed by atoms with E-state index in [0.29, 0.717) is 23.7 Å². The summed E-state index contributed by atoms with van der Waals surface area (Å²) < 4.78 is 0. The molecule has 3 N–H and O–H groups in total. The van der Waals surface area contributed by atoms with Crippen LogP contribution in [0.1, 0.15) is 13.8 Å². The van der Waals surface area contributed by atoms with Gasteiger partial charge in [-0.1, -0.05) is 18.2 Å². The maximum Gasteiger partial charge on any atom is 0.249 e. The van der Waals surface area contributed by atoms with E-state index < -0.39 is 0 Å². The van der Waals surface area contributed by atoms with E-state index in [1.807, 2.05) is 30.3 Å². The number of nitrogens with zero attached hydrogens (tertiary/aromatic N) is 3. The number of para-hydroxylation sites is 1. The Balaban J connectivity index is 1.80. The molecule has 0 bridgehead atoms. The van der Waals surface area contributed by atoms with Gasteiger partial charge in [-0.15, -0.1) is 0 Å². The summed E-state index contributed by atoms with van der Waals surface area (Å²) in [4.78, 5) is 26.1. The van der Waals surface area contributed by atoms with Crippen LogP contribution in [0.4, 0.5) is 17.5 Å². The van der Waals surface area contributed by atoms with Crippen molar-refractivity contribution in [2.24, 2.45) is 0 Å². The number of pyridine rings is 1. The van der Waals surface area contributed by atoms with Crippen molar-refractivity contribution in [2.45, 2.75) is 25.9 Å². The Morgan fingerprint density at radius 1 is 1.04 bits per heavy atom. The predicted molar refractivity (Wildman–Crippen MR) is 104 cm³/mol. The molecule has 1 aromatic carbocycles. The largest absolute Gasteiger partial charge is 0.353 e. The molecule has 7 heteroatoms. The van der Waals surface area contributed by atoms with Crippen LogP contribution in [0.5, 0.6) is 0 Å². The quantitative estimate of drug-likeness (QED) is 0.672. The Hall–Kier alpha value is -2.93. The Labute approximate surface area is 151 Å². The minimum Gasteiger partial charge on any atom is -0.353 e. The van der Waals surface area contributed by atoms with Crippen LogP contribution in [0.2, 0.25) is 0 Å². The summed E-state index contributed by atoms with van der Waals surface area (Å²) in [6.45, 7) is 6.02. The number of nitrogens with one attached hydrogen (secondary N) is 3. The first-order valence-corrected chi connectivity index (χ1v) is 8.82. The van der Waals surface area contributed by atoms with Crippen molar-refractivity contribution in [1.29, 1.82) is 0 Å². The molecule has 0 aliphatic carbocycles. The van der Waals surface area contributed by atoms with E-state index in [9.17, 15) is 4.79 Å². The minimum atomic E-state index is -0.171. The molecule has 0 saturated carbocycles. The fourth-order valence-electron chi connectivity index (χ4n) is 3.47. The maximum atomic E-state index is 11.8. The van der Waals surface area contributed by atoms with E-state index in [1.165, 1.54) is 6.07 Å². The van der Waals surface area contributed by atoms with Gasteiger partial charge in [0.05, 0.1) is 5.39 Å². The lowest BCUT2D eigenvalue weighted by molar-refractivity contribution is 0.406. The molecule has 0 amide bonds. The number of hydrogen-bond donors (Lipinski definition) is 3. The number of fused-ring (bicyclic) bond motifs is 1. The van der Waals surface area contributed by atoms with Crippen LogP contribution in [0.25, 0.3) is 11.0 Å². The summed E-state index contributed by atoms with van der Waals surface area (Å²) in [6.07, 6.45) is 0. The zero-order valence-electron chi connectivity index (χ0n) is 14.9. The molecule has 2 atom stereocenters. The molecule has 3 heterocycles. The van der Waals surface area contributed by atoms with Gasteiger partial charge in [-0.2, -0.15) is 9.97 Å². The van der Waals surface area contributed by atoms with E-state index in [-0.39, 0.29) is 5.56 Å². The molecular formula is C19H22N6O. The molecule has 1 saturated heterocycles. The lowest BCUT2D eigenvalue weighted by Gasteiger charge is -2.37. The molecule has 1 aliphatic heterocycles. The van der Waals surface area contributed by atoms with Crippen molar-refractivity contribution in [3.05, 3.63) is 52.8 Å². The lowest BCUT2D eigenvalue weighted by Crippen LogP contribution is -2.54. The van der Waals surface area contributed by atoms with Gasteiger partial charge in [0.15, 0.2) is 0 Å². The molecule has 7 nitrogen and oxygen atoms in total. The first-order chi connectivity index (χ1) is 12.6. The number of piperazine rings is 1. The van der Waals surface area contributed by atoms with E-state index >= 15 is 0 Å². The summed E-state index contributed by atoms with van der Waals surface area (Å²) in [5, 5.41) is 7.61. The van der Waals surface area contributed by atoms with E-state index in [1.54, 1.807) is 6.07 Å². The van der Waals surface area contributed by atoms with Gasteiger partial charge in [0, 0.05) is 36.9 Å². The fraction of sp³-hybridized carbons (Fsp3) is 0.316. The molecule has 1 aliphatic rings. The highest BCUT2D eigenvalue weighted by atomic mass is 16.1. The lowest BCUT2D eigenvalue weighted by atomic mass is 10.1. The SMILES string of the molecule is CC1CN(c2nc(Nc3ccccc3)nc3[nH]c(=O)ccc23)CC(C)N1. The number of aromatic amines is 1. The van der Waals surface area contributed by atoms with Gasteiger partial charge in [0.1, 0.15) is 11.5 Å². The highest BCUT2D eigenvalue weighted by Gasteiger charge is 2.24. The zero-order chi connectivity index (χ0) is 18.1. The summed E-state index contributed by atoms with van der Waals surface area (Å²) in [6, 6.07) is 13.8. The van der Waals surface area contributed by atoms with Gasteiger partial charge in [-0.25, -0.2) is 0 Å². The third-order valence-corrected chi connectivity index (χ3v) is 4.46. The number of anilines is 3. The minimum absolute atomic E-state index is 0.171. The van der Waals surface area contributed by atoms with Gasteiger partial charge >= 0.3 is 0 Å². The molecule has 0 radical (unpaired) electrons. The van der Waals surface area contributed by atoms with Gasteiger partial charge in [0.25, 0.3) is 0 Å². The predicted octanol–water partition coefficient (Wildman–Crippen LogP) is 2.25.